The topological polar surface area (TPSA) is 81.1 Å². The molecular formula is C15H21N3O4. The molecule has 1 heterocycles. The zero-order valence-corrected chi connectivity index (χ0v) is 13.5. The Kier molecular flexibility index (Phi) is 6.07. The first-order valence-electron chi connectivity index (χ1n) is 7.05. The van der Waals surface area contributed by atoms with Crippen LogP contribution in [0, 0.1) is 0 Å². The molecule has 0 atom stereocenters. The van der Waals surface area contributed by atoms with Crippen LogP contribution in [0.4, 0.5) is 10.6 Å². The number of aromatic nitrogens is 1. The molecule has 0 fully saturated rings. The number of rotatable bonds is 5. The van der Waals surface area contributed by atoms with Gasteiger partial charge in [0.15, 0.2) is 5.75 Å². The molecule has 0 saturated carbocycles. The maximum atomic E-state index is 12.1. The molecule has 0 saturated heterocycles. The average molecular weight is 307 g/mol. The highest BCUT2D eigenvalue weighted by molar-refractivity contribution is 5.74. The molecule has 7 heteroatoms. The summed E-state index contributed by atoms with van der Waals surface area (Å²) in [7, 11) is 0. The van der Waals surface area contributed by atoms with Crippen LogP contribution in [0.15, 0.2) is 17.3 Å². The summed E-state index contributed by atoms with van der Waals surface area (Å²) in [6.07, 6.45) is 2.26. The van der Waals surface area contributed by atoms with E-state index in [0.717, 1.165) is 0 Å². The normalized spacial score (nSPS) is 10.6. The van der Waals surface area contributed by atoms with Crippen LogP contribution >= 0.6 is 0 Å². The fourth-order valence-corrected chi connectivity index (χ4v) is 1.68. The lowest BCUT2D eigenvalue weighted by Crippen LogP contribution is -2.33. The van der Waals surface area contributed by atoms with Crippen molar-refractivity contribution >= 4 is 18.0 Å². The summed E-state index contributed by atoms with van der Waals surface area (Å²) in [6.45, 7) is 10.2. The standard InChI is InChI=1S/C15H21N3O4/c1-6-18(7-2)14(20)21-12-11(22-15(3,4)5)8-9-16-13(12)17-10-19/h8-9H,6-7H2,1-5H3. The second-order valence-corrected chi connectivity index (χ2v) is 5.42. The van der Waals surface area contributed by atoms with E-state index in [9.17, 15) is 9.59 Å². The summed E-state index contributed by atoms with van der Waals surface area (Å²) in [5.74, 6) is 0.256. The molecular weight excluding hydrogens is 286 g/mol. The van der Waals surface area contributed by atoms with Crippen LogP contribution in [0.2, 0.25) is 0 Å². The predicted molar refractivity (Wildman–Crippen MR) is 81.3 cm³/mol. The largest absolute Gasteiger partial charge is 0.484 e. The van der Waals surface area contributed by atoms with Crippen molar-refractivity contribution in [2.75, 3.05) is 13.1 Å². The number of nitrogens with zero attached hydrogens (tertiary/aromatic N) is 3. The van der Waals surface area contributed by atoms with Crippen molar-refractivity contribution in [3.63, 3.8) is 0 Å². The monoisotopic (exact) mass is 307 g/mol. The van der Waals surface area contributed by atoms with Gasteiger partial charge in [-0.15, -0.1) is 4.99 Å². The zero-order valence-electron chi connectivity index (χ0n) is 13.5. The highest BCUT2D eigenvalue weighted by Gasteiger charge is 2.22. The van der Waals surface area contributed by atoms with Crippen molar-refractivity contribution in [2.45, 2.75) is 40.2 Å². The Bertz CT molecular complexity index is 571. The Labute approximate surface area is 130 Å². The fraction of sp³-hybridized carbons (Fsp3) is 0.533. The van der Waals surface area contributed by atoms with E-state index in [1.54, 1.807) is 6.07 Å². The Hall–Kier alpha value is -2.40. The third kappa shape index (κ3) is 4.86. The van der Waals surface area contributed by atoms with Gasteiger partial charge >= 0.3 is 6.09 Å². The Balaban J connectivity index is 3.22. The minimum Gasteiger partial charge on any atom is -0.484 e. The van der Waals surface area contributed by atoms with Crippen LogP contribution in [-0.2, 0) is 4.79 Å². The highest BCUT2D eigenvalue weighted by Crippen LogP contribution is 2.37. The van der Waals surface area contributed by atoms with Gasteiger partial charge in [-0.1, -0.05) is 0 Å². The smallest absolute Gasteiger partial charge is 0.415 e. The van der Waals surface area contributed by atoms with E-state index in [-0.39, 0.29) is 17.3 Å². The van der Waals surface area contributed by atoms with Crippen molar-refractivity contribution < 1.29 is 19.1 Å². The molecule has 0 aliphatic heterocycles. The molecule has 0 radical (unpaired) electrons. The van der Waals surface area contributed by atoms with E-state index >= 15 is 0 Å². The number of hydrogen-bond acceptors (Lipinski definition) is 6. The fourth-order valence-electron chi connectivity index (χ4n) is 1.68. The second kappa shape index (κ2) is 7.56. The number of carbonyl (C=O) groups is 1. The Morgan fingerprint density at radius 3 is 2.50 bits per heavy atom. The first-order chi connectivity index (χ1) is 10.3. The van der Waals surface area contributed by atoms with Crippen LogP contribution in [-0.4, -0.2) is 40.7 Å². The minimum atomic E-state index is -0.556. The van der Waals surface area contributed by atoms with E-state index < -0.39 is 11.7 Å². The lowest BCUT2D eigenvalue weighted by Gasteiger charge is -2.24. The van der Waals surface area contributed by atoms with Gasteiger partial charge in [0.25, 0.3) is 0 Å². The molecule has 0 aliphatic carbocycles. The quantitative estimate of drug-likeness (QED) is 0.617. The first kappa shape index (κ1) is 17.7. The van der Waals surface area contributed by atoms with E-state index in [4.69, 9.17) is 9.47 Å². The van der Waals surface area contributed by atoms with Gasteiger partial charge in [-0.25, -0.2) is 14.6 Å². The molecule has 0 unspecified atom stereocenters. The van der Waals surface area contributed by atoms with Crippen molar-refractivity contribution in [3.8, 4) is 11.5 Å². The summed E-state index contributed by atoms with van der Waals surface area (Å²) in [5, 5.41) is 0. The van der Waals surface area contributed by atoms with Gasteiger partial charge in [0.2, 0.25) is 17.6 Å². The molecule has 1 aromatic rings. The lowest BCUT2D eigenvalue weighted by atomic mass is 10.2. The Morgan fingerprint density at radius 2 is 2.00 bits per heavy atom. The van der Waals surface area contributed by atoms with Gasteiger partial charge in [-0.2, -0.15) is 0 Å². The van der Waals surface area contributed by atoms with Crippen molar-refractivity contribution in [1.82, 2.24) is 9.88 Å². The number of hydrogen-bond donors (Lipinski definition) is 0. The van der Waals surface area contributed by atoms with E-state index in [2.05, 4.69) is 9.98 Å². The number of amides is 1. The maximum absolute atomic E-state index is 12.1. The minimum absolute atomic E-state index is 0.0117. The maximum Gasteiger partial charge on any atom is 0.415 e. The molecule has 1 aromatic heterocycles. The van der Waals surface area contributed by atoms with Gasteiger partial charge in [-0.05, 0) is 34.6 Å². The SMILES string of the molecule is CCN(CC)C(=O)Oc1c(OC(C)(C)C)ccnc1N=C=O. The van der Waals surface area contributed by atoms with E-state index in [1.165, 1.54) is 17.2 Å². The molecule has 0 bridgehead atoms. The first-order valence-corrected chi connectivity index (χ1v) is 7.05. The van der Waals surface area contributed by atoms with Crippen LogP contribution in [0.3, 0.4) is 0 Å². The summed E-state index contributed by atoms with van der Waals surface area (Å²) < 4.78 is 11.1. The van der Waals surface area contributed by atoms with Crippen LogP contribution < -0.4 is 9.47 Å². The van der Waals surface area contributed by atoms with Crippen LogP contribution in [0.5, 0.6) is 11.5 Å². The number of carbonyl (C=O) groups excluding carboxylic acids is 2. The summed E-state index contributed by atoms with van der Waals surface area (Å²) >= 11 is 0. The Morgan fingerprint density at radius 1 is 1.36 bits per heavy atom. The molecule has 1 rings (SSSR count). The zero-order chi connectivity index (χ0) is 16.8. The van der Waals surface area contributed by atoms with Gasteiger partial charge in [-0.3, -0.25) is 0 Å². The van der Waals surface area contributed by atoms with Crippen LogP contribution in [0.25, 0.3) is 0 Å². The second-order valence-electron chi connectivity index (χ2n) is 5.42. The molecule has 120 valence electrons. The third-order valence-electron chi connectivity index (χ3n) is 2.63. The molecule has 0 spiro atoms. The number of ether oxygens (including phenoxy) is 2. The molecule has 0 aromatic carbocycles. The average Bonchev–Trinajstić information content (AvgIpc) is 2.42. The number of isocyanates is 1. The molecule has 0 aliphatic rings. The van der Waals surface area contributed by atoms with Gasteiger partial charge < -0.3 is 14.4 Å². The number of pyridine rings is 1. The van der Waals surface area contributed by atoms with Gasteiger partial charge in [0.1, 0.15) is 5.60 Å². The molecule has 22 heavy (non-hydrogen) atoms. The predicted octanol–water partition coefficient (Wildman–Crippen LogP) is 3.07. The lowest BCUT2D eigenvalue weighted by molar-refractivity contribution is 0.120. The van der Waals surface area contributed by atoms with E-state index in [1.807, 2.05) is 34.6 Å². The van der Waals surface area contributed by atoms with Crippen LogP contribution in [0.1, 0.15) is 34.6 Å². The summed E-state index contributed by atoms with van der Waals surface area (Å²) in [4.78, 5) is 31.5. The van der Waals surface area contributed by atoms with E-state index in [0.29, 0.717) is 13.1 Å². The summed E-state index contributed by atoms with van der Waals surface area (Å²) in [5.41, 5.74) is -0.514. The molecule has 1 amide bonds. The van der Waals surface area contributed by atoms with Crippen molar-refractivity contribution in [1.29, 1.82) is 0 Å². The van der Waals surface area contributed by atoms with Crippen molar-refractivity contribution in [2.24, 2.45) is 4.99 Å². The number of aliphatic imine (C=N–C) groups is 1. The van der Waals surface area contributed by atoms with Crippen molar-refractivity contribution in [3.05, 3.63) is 12.3 Å². The van der Waals surface area contributed by atoms with Gasteiger partial charge in [0.05, 0.1) is 0 Å². The molecule has 7 nitrogen and oxygen atoms in total. The van der Waals surface area contributed by atoms with Gasteiger partial charge in [0, 0.05) is 25.4 Å². The summed E-state index contributed by atoms with van der Waals surface area (Å²) in [6, 6.07) is 1.56. The third-order valence-corrected chi connectivity index (χ3v) is 2.63. The molecule has 0 N–H and O–H groups in total. The highest BCUT2D eigenvalue weighted by atomic mass is 16.6.